The van der Waals surface area contributed by atoms with E-state index in [1.54, 1.807) is 6.08 Å². The van der Waals surface area contributed by atoms with Crippen LogP contribution in [0.1, 0.15) is 296 Å². The predicted octanol–water partition coefficient (Wildman–Crippen LogP) is 13.8. The Hall–Kier alpha value is -1.11. The van der Waals surface area contributed by atoms with Crippen molar-refractivity contribution in [1.29, 1.82) is 0 Å². The number of hydrogen-bond donors (Lipinski definition) is 7. The third kappa shape index (κ3) is 38.2. The van der Waals surface area contributed by atoms with E-state index in [4.69, 9.17) is 9.47 Å². The molecule has 1 heterocycles. The number of ether oxygens (including phenoxy) is 2. The number of hydrogen-bond acceptors (Lipinski definition) is 9. The third-order valence-electron chi connectivity index (χ3n) is 14.7. The Morgan fingerprint density at radius 2 is 0.826 bits per heavy atom. The van der Waals surface area contributed by atoms with Crippen molar-refractivity contribution >= 4 is 5.91 Å². The van der Waals surface area contributed by atoms with E-state index in [1.807, 2.05) is 6.08 Å². The molecule has 0 aromatic heterocycles. The Labute approximate surface area is 425 Å². The highest BCUT2D eigenvalue weighted by molar-refractivity contribution is 5.80. The Bertz CT molecular complexity index is 1110. The molecule has 0 radical (unpaired) electrons. The molecule has 1 aliphatic rings. The van der Waals surface area contributed by atoms with Gasteiger partial charge in [-0.1, -0.05) is 289 Å². The summed E-state index contributed by atoms with van der Waals surface area (Å²) in [5.41, 5.74) is 0. The summed E-state index contributed by atoms with van der Waals surface area (Å²) in [6.07, 6.45) is 50.6. The van der Waals surface area contributed by atoms with Crippen LogP contribution in [0.4, 0.5) is 0 Å². The van der Waals surface area contributed by atoms with Crippen molar-refractivity contribution in [3.05, 3.63) is 12.2 Å². The van der Waals surface area contributed by atoms with Crippen molar-refractivity contribution in [3.8, 4) is 0 Å². The number of unbranched alkanes of at least 4 members (excludes halogenated alkanes) is 41. The Balaban J connectivity index is 2.12. The van der Waals surface area contributed by atoms with Crippen LogP contribution in [0.2, 0.25) is 0 Å². The number of amides is 1. The van der Waals surface area contributed by atoms with Crippen LogP contribution in [0.15, 0.2) is 12.2 Å². The Morgan fingerprint density at radius 3 is 1.17 bits per heavy atom. The number of aliphatic hydroxyl groups is 6. The minimum absolute atomic E-state index is 0.301. The highest BCUT2D eigenvalue weighted by Gasteiger charge is 2.44. The van der Waals surface area contributed by atoms with Crippen LogP contribution in [0.25, 0.3) is 0 Å². The number of aliphatic hydroxyl groups excluding tert-OH is 6. The molecular weight excluding hydrogens is 867 g/mol. The van der Waals surface area contributed by atoms with Crippen LogP contribution in [0, 0.1) is 0 Å². The molecule has 0 saturated carbocycles. The van der Waals surface area contributed by atoms with Gasteiger partial charge in [0.15, 0.2) is 6.29 Å². The minimum atomic E-state index is -1.61. The summed E-state index contributed by atoms with van der Waals surface area (Å²) in [5, 5.41) is 64.9. The maximum Gasteiger partial charge on any atom is 0.249 e. The fourth-order valence-corrected chi connectivity index (χ4v) is 9.87. The van der Waals surface area contributed by atoms with Gasteiger partial charge in [-0.05, 0) is 19.3 Å². The number of nitrogens with one attached hydrogen (secondary N) is 1. The number of allylic oxidation sites excluding steroid dienone is 1. The van der Waals surface area contributed by atoms with Crippen molar-refractivity contribution < 1.29 is 44.9 Å². The molecule has 1 aliphatic heterocycles. The molecule has 10 nitrogen and oxygen atoms in total. The average Bonchev–Trinajstić information content (AvgIpc) is 3.35. The maximum atomic E-state index is 13.1. The molecule has 0 aliphatic carbocycles. The molecule has 1 fully saturated rings. The minimum Gasteiger partial charge on any atom is -0.394 e. The van der Waals surface area contributed by atoms with Crippen molar-refractivity contribution in [2.45, 2.75) is 345 Å². The van der Waals surface area contributed by atoms with Gasteiger partial charge >= 0.3 is 0 Å². The van der Waals surface area contributed by atoms with E-state index in [9.17, 15) is 35.4 Å². The first kappa shape index (κ1) is 65.9. The molecule has 0 aromatic rings. The predicted molar refractivity (Wildman–Crippen MR) is 287 cm³/mol. The molecule has 10 heteroatoms. The standard InChI is InChI=1S/C59H115NO9/c1-3-5-7-9-11-13-15-17-18-19-20-21-22-23-24-25-26-27-28-29-30-31-32-33-34-35-36-38-40-42-44-46-48-53(63)58(67)60-51(50-68-59-57(66)56(65)55(64)54(49-61)69-59)52(62)47-45-43-41-39-37-16-14-12-10-8-6-4-2/h45,47,51-57,59,61-66H,3-44,46,48-50H2,1-2H3,(H,60,67)/b47-45+. The Kier molecular flexibility index (Phi) is 46.9. The van der Waals surface area contributed by atoms with E-state index in [0.29, 0.717) is 6.42 Å². The second-order valence-electron chi connectivity index (χ2n) is 21.3. The van der Waals surface area contributed by atoms with Crippen LogP contribution in [0.3, 0.4) is 0 Å². The SMILES string of the molecule is CCCCCCCCCCCC/C=C/C(O)C(COC1OC(CO)C(O)C(O)C1O)NC(=O)C(O)CCCCCCCCCCCCCCCCCCCCCCCCCCCCCCCCCC. The number of carbonyl (C=O) groups excluding carboxylic acids is 1. The molecule has 0 spiro atoms. The van der Waals surface area contributed by atoms with Gasteiger partial charge in [-0.3, -0.25) is 4.79 Å². The van der Waals surface area contributed by atoms with Gasteiger partial charge in [0.25, 0.3) is 0 Å². The summed E-state index contributed by atoms with van der Waals surface area (Å²) in [5.74, 6) is -0.611. The first-order valence-electron chi connectivity index (χ1n) is 30.0. The third-order valence-corrected chi connectivity index (χ3v) is 14.7. The molecule has 410 valence electrons. The molecule has 69 heavy (non-hydrogen) atoms. The molecular formula is C59H115NO9. The monoisotopic (exact) mass is 982 g/mol. The van der Waals surface area contributed by atoms with Crippen molar-refractivity contribution in [2.75, 3.05) is 13.2 Å². The fourth-order valence-electron chi connectivity index (χ4n) is 9.87. The van der Waals surface area contributed by atoms with Gasteiger partial charge in [-0.25, -0.2) is 0 Å². The molecule has 0 aromatic carbocycles. The largest absolute Gasteiger partial charge is 0.394 e. The van der Waals surface area contributed by atoms with Gasteiger partial charge in [0, 0.05) is 0 Å². The van der Waals surface area contributed by atoms with Crippen LogP contribution in [0.5, 0.6) is 0 Å². The smallest absolute Gasteiger partial charge is 0.249 e. The second kappa shape index (κ2) is 49.1. The first-order chi connectivity index (χ1) is 33.8. The van der Waals surface area contributed by atoms with E-state index in [-0.39, 0.29) is 6.61 Å². The summed E-state index contributed by atoms with van der Waals surface area (Å²) in [4.78, 5) is 13.1. The molecule has 1 rings (SSSR count). The summed E-state index contributed by atoms with van der Waals surface area (Å²) in [6.45, 7) is 3.63. The van der Waals surface area contributed by atoms with E-state index in [1.165, 1.54) is 231 Å². The lowest BCUT2D eigenvalue weighted by Gasteiger charge is -2.40. The van der Waals surface area contributed by atoms with Gasteiger partial charge in [0.05, 0.1) is 25.4 Å². The molecule has 7 N–H and O–H groups in total. The Morgan fingerprint density at radius 1 is 0.493 bits per heavy atom. The van der Waals surface area contributed by atoms with Crippen LogP contribution in [-0.2, 0) is 14.3 Å². The average molecular weight is 983 g/mol. The molecule has 1 saturated heterocycles. The highest BCUT2D eigenvalue weighted by atomic mass is 16.7. The molecule has 8 unspecified atom stereocenters. The lowest BCUT2D eigenvalue weighted by atomic mass is 9.99. The van der Waals surface area contributed by atoms with Gasteiger partial charge in [0.1, 0.15) is 30.5 Å². The zero-order valence-corrected chi connectivity index (χ0v) is 45.2. The molecule has 1 amide bonds. The van der Waals surface area contributed by atoms with Crippen molar-refractivity contribution in [2.24, 2.45) is 0 Å². The highest BCUT2D eigenvalue weighted by Crippen LogP contribution is 2.23. The van der Waals surface area contributed by atoms with Gasteiger partial charge < -0.3 is 45.4 Å². The van der Waals surface area contributed by atoms with Crippen molar-refractivity contribution in [3.63, 3.8) is 0 Å². The van der Waals surface area contributed by atoms with Crippen molar-refractivity contribution in [1.82, 2.24) is 5.32 Å². The molecule has 0 bridgehead atoms. The number of carbonyl (C=O) groups is 1. The lowest BCUT2D eigenvalue weighted by molar-refractivity contribution is -0.302. The quantitative estimate of drug-likeness (QED) is 0.0232. The van der Waals surface area contributed by atoms with E-state index >= 15 is 0 Å². The van der Waals surface area contributed by atoms with Crippen LogP contribution < -0.4 is 5.32 Å². The van der Waals surface area contributed by atoms with E-state index < -0.39 is 61.5 Å². The summed E-state index contributed by atoms with van der Waals surface area (Å²) in [6, 6.07) is -0.975. The van der Waals surface area contributed by atoms with E-state index in [2.05, 4.69) is 19.2 Å². The normalized spacial score (nSPS) is 19.9. The lowest BCUT2D eigenvalue weighted by Crippen LogP contribution is -2.60. The number of rotatable bonds is 52. The first-order valence-corrected chi connectivity index (χ1v) is 30.0. The fraction of sp³-hybridized carbons (Fsp3) is 0.949. The van der Waals surface area contributed by atoms with Gasteiger partial charge in [-0.15, -0.1) is 0 Å². The van der Waals surface area contributed by atoms with Crippen LogP contribution >= 0.6 is 0 Å². The molecule has 8 atom stereocenters. The van der Waals surface area contributed by atoms with Crippen LogP contribution in [-0.4, -0.2) is 98.7 Å². The summed E-state index contributed by atoms with van der Waals surface area (Å²) < 4.78 is 11.2. The summed E-state index contributed by atoms with van der Waals surface area (Å²) >= 11 is 0. The maximum absolute atomic E-state index is 13.1. The zero-order chi connectivity index (χ0) is 50.3. The second-order valence-corrected chi connectivity index (χ2v) is 21.3. The van der Waals surface area contributed by atoms with Gasteiger partial charge in [0.2, 0.25) is 5.91 Å². The topological polar surface area (TPSA) is 169 Å². The van der Waals surface area contributed by atoms with Gasteiger partial charge in [-0.2, -0.15) is 0 Å². The zero-order valence-electron chi connectivity index (χ0n) is 45.2. The van der Waals surface area contributed by atoms with E-state index in [0.717, 1.165) is 44.9 Å². The summed E-state index contributed by atoms with van der Waals surface area (Å²) in [7, 11) is 0.